The van der Waals surface area contributed by atoms with Crippen LogP contribution in [0.25, 0.3) is 0 Å². The van der Waals surface area contributed by atoms with Gasteiger partial charge in [-0.1, -0.05) is 24.2 Å². The molecule has 1 amide bonds. The molecule has 10 heteroatoms. The SMILES string of the molecule is CC(=O)Nc1nnc(S(=O)(=O)NCC2CCCCC2O)s1. The highest BCUT2D eigenvalue weighted by Gasteiger charge is 2.26. The molecule has 8 nitrogen and oxygen atoms in total. The summed E-state index contributed by atoms with van der Waals surface area (Å²) >= 11 is 0.788. The summed E-state index contributed by atoms with van der Waals surface area (Å²) in [5, 5.41) is 19.5. The molecule has 0 aliphatic heterocycles. The summed E-state index contributed by atoms with van der Waals surface area (Å²) in [7, 11) is -3.77. The average molecular weight is 334 g/mol. The number of nitrogens with one attached hydrogen (secondary N) is 2. The van der Waals surface area contributed by atoms with Gasteiger partial charge in [-0.25, -0.2) is 13.1 Å². The molecule has 1 aromatic heterocycles. The van der Waals surface area contributed by atoms with Crippen molar-refractivity contribution < 1.29 is 18.3 Å². The number of amides is 1. The van der Waals surface area contributed by atoms with Crippen LogP contribution < -0.4 is 10.0 Å². The zero-order valence-electron chi connectivity index (χ0n) is 11.6. The zero-order valence-corrected chi connectivity index (χ0v) is 13.2. The van der Waals surface area contributed by atoms with Gasteiger partial charge in [0.25, 0.3) is 10.0 Å². The molecule has 1 heterocycles. The molecule has 1 fully saturated rings. The fourth-order valence-corrected chi connectivity index (χ4v) is 4.31. The Morgan fingerprint density at radius 3 is 2.76 bits per heavy atom. The molecule has 0 radical (unpaired) electrons. The molecule has 2 rings (SSSR count). The van der Waals surface area contributed by atoms with Gasteiger partial charge in [0.1, 0.15) is 0 Å². The molecule has 1 aliphatic rings. The number of anilines is 1. The van der Waals surface area contributed by atoms with Crippen LogP contribution in [0.4, 0.5) is 5.13 Å². The number of carbonyl (C=O) groups excluding carboxylic acids is 1. The third kappa shape index (κ3) is 4.43. The van der Waals surface area contributed by atoms with E-state index in [-0.39, 0.29) is 27.8 Å². The number of rotatable bonds is 5. The Kier molecular flexibility index (Phi) is 5.25. The minimum atomic E-state index is -3.77. The summed E-state index contributed by atoms with van der Waals surface area (Å²) in [4.78, 5) is 10.9. The summed E-state index contributed by atoms with van der Waals surface area (Å²) in [5.41, 5.74) is 0. The molecule has 2 unspecified atom stereocenters. The van der Waals surface area contributed by atoms with Crippen molar-refractivity contribution in [2.75, 3.05) is 11.9 Å². The number of hydrogen-bond donors (Lipinski definition) is 3. The average Bonchev–Trinajstić information content (AvgIpc) is 2.86. The van der Waals surface area contributed by atoms with E-state index < -0.39 is 16.1 Å². The van der Waals surface area contributed by atoms with Crippen LogP contribution >= 0.6 is 11.3 Å². The first kappa shape index (κ1) is 16.3. The normalized spacial score (nSPS) is 23.0. The van der Waals surface area contributed by atoms with Crippen molar-refractivity contribution in [3.8, 4) is 0 Å². The van der Waals surface area contributed by atoms with Crippen molar-refractivity contribution in [2.45, 2.75) is 43.1 Å². The Labute approximate surface area is 127 Å². The van der Waals surface area contributed by atoms with Gasteiger partial charge in [0.2, 0.25) is 15.4 Å². The van der Waals surface area contributed by atoms with E-state index in [1.807, 2.05) is 0 Å². The molecular formula is C11H18N4O4S2. The first-order chi connectivity index (χ1) is 9.88. The topological polar surface area (TPSA) is 121 Å². The molecule has 1 aromatic rings. The Morgan fingerprint density at radius 2 is 2.10 bits per heavy atom. The van der Waals surface area contributed by atoms with Crippen molar-refractivity contribution in [2.24, 2.45) is 5.92 Å². The Hall–Kier alpha value is -1.10. The van der Waals surface area contributed by atoms with Crippen molar-refractivity contribution in [3.63, 3.8) is 0 Å². The molecule has 2 atom stereocenters. The number of sulfonamides is 1. The summed E-state index contributed by atoms with van der Waals surface area (Å²) < 4.78 is 26.4. The van der Waals surface area contributed by atoms with Gasteiger partial charge >= 0.3 is 0 Å². The number of aromatic nitrogens is 2. The first-order valence-corrected chi connectivity index (χ1v) is 8.97. The van der Waals surface area contributed by atoms with E-state index in [2.05, 4.69) is 20.2 Å². The molecule has 118 valence electrons. The van der Waals surface area contributed by atoms with Crippen LogP contribution in [0.3, 0.4) is 0 Å². The molecule has 3 N–H and O–H groups in total. The van der Waals surface area contributed by atoms with E-state index in [0.29, 0.717) is 6.42 Å². The monoisotopic (exact) mass is 334 g/mol. The molecule has 0 aromatic carbocycles. The number of hydrogen-bond acceptors (Lipinski definition) is 7. The van der Waals surface area contributed by atoms with Gasteiger partial charge < -0.3 is 10.4 Å². The fourth-order valence-electron chi connectivity index (χ4n) is 2.22. The van der Waals surface area contributed by atoms with Crippen LogP contribution in [-0.2, 0) is 14.8 Å². The Morgan fingerprint density at radius 1 is 1.38 bits per heavy atom. The lowest BCUT2D eigenvalue weighted by molar-refractivity contribution is -0.114. The van der Waals surface area contributed by atoms with Gasteiger partial charge in [0.05, 0.1) is 6.10 Å². The third-order valence-electron chi connectivity index (χ3n) is 3.32. The maximum absolute atomic E-state index is 12.1. The van der Waals surface area contributed by atoms with Gasteiger partial charge in [0, 0.05) is 13.5 Å². The van der Waals surface area contributed by atoms with Crippen LogP contribution in [0.15, 0.2) is 4.34 Å². The van der Waals surface area contributed by atoms with Gasteiger partial charge in [-0.2, -0.15) is 0 Å². The zero-order chi connectivity index (χ0) is 15.5. The highest BCUT2D eigenvalue weighted by Crippen LogP contribution is 2.25. The number of aliphatic hydroxyl groups is 1. The summed E-state index contributed by atoms with van der Waals surface area (Å²) in [6, 6.07) is 0. The standard InChI is InChI=1S/C11H18N4O4S2/c1-7(16)13-10-14-15-11(20-10)21(18,19)12-6-8-4-2-3-5-9(8)17/h8-9,12,17H,2-6H2,1H3,(H,13,14,16). The quantitative estimate of drug-likeness (QED) is 0.667. The first-order valence-electron chi connectivity index (χ1n) is 6.67. The molecule has 21 heavy (non-hydrogen) atoms. The van der Waals surface area contributed by atoms with Crippen LogP contribution in [0.5, 0.6) is 0 Å². The largest absolute Gasteiger partial charge is 0.393 e. The van der Waals surface area contributed by atoms with E-state index >= 15 is 0 Å². The molecule has 0 spiro atoms. The Balaban J connectivity index is 1.97. The summed E-state index contributed by atoms with van der Waals surface area (Å²) in [5.74, 6) is -0.412. The van der Waals surface area contributed by atoms with Crippen molar-refractivity contribution in [1.29, 1.82) is 0 Å². The van der Waals surface area contributed by atoms with Gasteiger partial charge in [-0.3, -0.25) is 4.79 Å². The van der Waals surface area contributed by atoms with Crippen LogP contribution in [0.1, 0.15) is 32.6 Å². The van der Waals surface area contributed by atoms with Crippen molar-refractivity contribution >= 4 is 32.4 Å². The maximum Gasteiger partial charge on any atom is 0.269 e. The molecule has 1 saturated carbocycles. The van der Waals surface area contributed by atoms with Gasteiger partial charge in [-0.05, 0) is 18.8 Å². The molecule has 1 aliphatic carbocycles. The van der Waals surface area contributed by atoms with Crippen LogP contribution in [0, 0.1) is 5.92 Å². The lowest BCUT2D eigenvalue weighted by Crippen LogP contribution is -2.36. The van der Waals surface area contributed by atoms with Crippen molar-refractivity contribution in [1.82, 2.24) is 14.9 Å². The highest BCUT2D eigenvalue weighted by atomic mass is 32.2. The third-order valence-corrected chi connectivity index (χ3v) is 5.95. The second-order valence-corrected chi connectivity index (χ2v) is 7.94. The van der Waals surface area contributed by atoms with Gasteiger partial charge in [0.15, 0.2) is 0 Å². The molecule has 0 bridgehead atoms. The molecule has 0 saturated heterocycles. The van der Waals surface area contributed by atoms with Crippen LogP contribution in [0.2, 0.25) is 0 Å². The number of carbonyl (C=O) groups is 1. The lowest BCUT2D eigenvalue weighted by Gasteiger charge is -2.27. The second-order valence-electron chi connectivity index (χ2n) is 5.02. The maximum atomic E-state index is 12.1. The highest BCUT2D eigenvalue weighted by molar-refractivity contribution is 7.91. The summed E-state index contributed by atoms with van der Waals surface area (Å²) in [6.45, 7) is 1.48. The second kappa shape index (κ2) is 6.77. The van der Waals surface area contributed by atoms with E-state index in [1.165, 1.54) is 6.92 Å². The van der Waals surface area contributed by atoms with E-state index in [1.54, 1.807) is 0 Å². The van der Waals surface area contributed by atoms with E-state index in [4.69, 9.17) is 0 Å². The minimum Gasteiger partial charge on any atom is -0.393 e. The van der Waals surface area contributed by atoms with Crippen molar-refractivity contribution in [3.05, 3.63) is 0 Å². The Bertz CT molecular complexity index is 601. The number of aliphatic hydroxyl groups excluding tert-OH is 1. The van der Waals surface area contributed by atoms with Gasteiger partial charge in [-0.15, -0.1) is 10.2 Å². The van der Waals surface area contributed by atoms with Crippen LogP contribution in [-0.4, -0.2) is 42.3 Å². The van der Waals surface area contributed by atoms with E-state index in [9.17, 15) is 18.3 Å². The predicted molar refractivity (Wildman–Crippen MR) is 77.4 cm³/mol. The minimum absolute atomic E-state index is 0.0729. The number of nitrogens with zero attached hydrogens (tertiary/aromatic N) is 2. The van der Waals surface area contributed by atoms with E-state index in [0.717, 1.165) is 30.6 Å². The predicted octanol–water partition coefficient (Wildman–Crippen LogP) is 0.326. The smallest absolute Gasteiger partial charge is 0.269 e. The lowest BCUT2D eigenvalue weighted by atomic mass is 9.87. The summed E-state index contributed by atoms with van der Waals surface area (Å²) in [6.07, 6.45) is 3.01. The fraction of sp³-hybridized carbons (Fsp3) is 0.727. The molecular weight excluding hydrogens is 316 g/mol.